The van der Waals surface area contributed by atoms with Crippen LogP contribution in [0.1, 0.15) is 11.1 Å². The van der Waals surface area contributed by atoms with Crippen molar-refractivity contribution in [3.8, 4) is 0 Å². The van der Waals surface area contributed by atoms with Crippen LogP contribution >= 0.6 is 11.6 Å². The van der Waals surface area contributed by atoms with Gasteiger partial charge in [-0.25, -0.2) is 0 Å². The number of hydrogen-bond acceptors (Lipinski definition) is 1. The second-order valence-corrected chi connectivity index (χ2v) is 3.21. The second kappa shape index (κ2) is 3.90. The van der Waals surface area contributed by atoms with Crippen LogP contribution in [0.2, 0.25) is 0 Å². The van der Waals surface area contributed by atoms with E-state index >= 15 is 0 Å². The molecule has 3 radical (unpaired) electrons. The van der Waals surface area contributed by atoms with Crippen LogP contribution in [0, 0.1) is 0 Å². The van der Waals surface area contributed by atoms with Crippen LogP contribution in [-0.4, -0.2) is 17.3 Å². The van der Waals surface area contributed by atoms with Gasteiger partial charge in [0.05, 0.1) is 10.2 Å². The molecule has 0 aliphatic heterocycles. The molecule has 0 aromatic heterocycles. The minimum atomic E-state index is -0.122. The Morgan fingerprint density at radius 3 is 2.64 bits per heavy atom. The van der Waals surface area contributed by atoms with E-state index in [2.05, 4.69) is 15.6 Å². The Morgan fingerprint density at radius 1 is 1.45 bits per heavy atom. The highest BCUT2D eigenvalue weighted by Gasteiger charge is 2.05. The van der Waals surface area contributed by atoms with Crippen LogP contribution in [0.15, 0.2) is 24.3 Å². The molecule has 1 unspecified atom stereocenters. The minimum Gasteiger partial charge on any atom is -0.301 e. The predicted octanol–water partition coefficient (Wildman–Crippen LogP) is 0.937. The number of nitrogens with one attached hydrogen (secondary N) is 1. The van der Waals surface area contributed by atoms with E-state index in [9.17, 15) is 0 Å². The van der Waals surface area contributed by atoms with E-state index in [1.165, 1.54) is 0 Å². The molecule has 0 bridgehead atoms. The van der Waals surface area contributed by atoms with Crippen molar-refractivity contribution >= 4 is 27.0 Å². The van der Waals surface area contributed by atoms with Gasteiger partial charge in [-0.15, -0.1) is 11.6 Å². The number of rotatable bonds is 2. The summed E-state index contributed by atoms with van der Waals surface area (Å²) in [5, 5.41) is 3.99. The third kappa shape index (κ3) is 2.06. The molecule has 1 aromatic rings. The summed E-state index contributed by atoms with van der Waals surface area (Å²) in [7, 11) is 5.29. The number of benzene rings is 1. The summed E-state index contributed by atoms with van der Waals surface area (Å²) in [6, 6.07) is 7.88. The van der Waals surface area contributed by atoms with Gasteiger partial charge in [0, 0.05) is 0 Å². The summed E-state index contributed by atoms with van der Waals surface area (Å²) in [5.41, 5.74) is 0.942. The van der Waals surface area contributed by atoms with Gasteiger partial charge in [-0.3, -0.25) is 0 Å². The maximum Gasteiger partial charge on any atom is 0.108 e. The Morgan fingerprint density at radius 2 is 2.09 bits per heavy atom. The molecule has 0 spiro atoms. The molecular weight excluding hydrogens is 174 g/mol. The van der Waals surface area contributed by atoms with Crippen molar-refractivity contribution < 1.29 is 0 Å². The van der Waals surface area contributed by atoms with Crippen LogP contribution in [-0.2, 0) is 0 Å². The lowest BCUT2D eigenvalue weighted by Crippen LogP contribution is -2.19. The molecule has 1 aromatic carbocycles. The summed E-state index contributed by atoms with van der Waals surface area (Å²) in [6.07, 6.45) is 0. The fourth-order valence-corrected chi connectivity index (χ4v) is 1.48. The van der Waals surface area contributed by atoms with Gasteiger partial charge >= 0.3 is 0 Å². The topological polar surface area (TPSA) is 12.0 Å². The Bertz CT molecular complexity index is 239. The molecule has 0 saturated heterocycles. The largest absolute Gasteiger partial charge is 0.301 e. The van der Waals surface area contributed by atoms with E-state index in [1.54, 1.807) is 0 Å². The Balaban J connectivity index is 2.93. The lowest BCUT2D eigenvalue weighted by Gasteiger charge is -2.10. The molecule has 11 heavy (non-hydrogen) atoms. The van der Waals surface area contributed by atoms with E-state index in [1.807, 2.05) is 31.3 Å². The van der Waals surface area contributed by atoms with Crippen LogP contribution in [0.5, 0.6) is 0 Å². The lowest BCUT2D eigenvalue weighted by atomic mass is 10.2. The Hall–Kier alpha value is -0.313. The summed E-state index contributed by atoms with van der Waals surface area (Å²) >= 11 is 5.95. The third-order valence-corrected chi connectivity index (χ3v) is 2.40. The van der Waals surface area contributed by atoms with Gasteiger partial charge < -0.3 is 5.32 Å². The minimum absolute atomic E-state index is 0.122. The summed E-state index contributed by atoms with van der Waals surface area (Å²) in [4.78, 5) is 0. The molecule has 0 amide bonds. The smallest absolute Gasteiger partial charge is 0.108 e. The number of halogens is 1. The van der Waals surface area contributed by atoms with Crippen molar-refractivity contribution in [3.63, 3.8) is 0 Å². The highest BCUT2D eigenvalue weighted by Crippen LogP contribution is 2.12. The van der Waals surface area contributed by atoms with Crippen LogP contribution in [0.3, 0.4) is 0 Å². The first-order valence-electron chi connectivity index (χ1n) is 3.37. The molecule has 0 aliphatic rings. The molecule has 0 aliphatic carbocycles. The van der Waals surface area contributed by atoms with Crippen molar-refractivity contribution in [1.29, 1.82) is 0 Å². The lowest BCUT2D eigenvalue weighted by molar-refractivity contribution is 0.787. The molecule has 1 atom stereocenters. The Kier molecular flexibility index (Phi) is 3.11. The van der Waals surface area contributed by atoms with Gasteiger partial charge in [0.25, 0.3) is 0 Å². The molecule has 1 N–H and O–H groups in total. The number of alkyl halides is 1. The van der Waals surface area contributed by atoms with Crippen LogP contribution < -0.4 is 10.5 Å². The first-order chi connectivity index (χ1) is 5.25. The van der Waals surface area contributed by atoms with Gasteiger partial charge in [-0.2, -0.15) is 0 Å². The monoisotopic (exact) mass is 182 g/mol. The summed E-state index contributed by atoms with van der Waals surface area (Å²) in [5.74, 6) is 0. The second-order valence-electron chi connectivity index (χ2n) is 2.24. The maximum atomic E-state index is 5.95. The van der Waals surface area contributed by atoms with Gasteiger partial charge in [0.1, 0.15) is 5.50 Å². The fraction of sp³-hybridized carbons (Fsp3) is 0.250. The molecular formula is C8H9ClNSi. The molecule has 1 nitrogen and oxygen atoms in total. The summed E-state index contributed by atoms with van der Waals surface area (Å²) in [6.45, 7) is 0. The van der Waals surface area contributed by atoms with E-state index in [0.717, 1.165) is 10.8 Å². The molecule has 57 valence electrons. The standard InChI is InChI=1S/C8H9ClNSi/c1-10-8(9)6-4-2-3-5-7(6)11/h2-5,8,10H,1H3. The first-order valence-corrected chi connectivity index (χ1v) is 4.31. The van der Waals surface area contributed by atoms with Crippen LogP contribution in [0.25, 0.3) is 0 Å². The molecule has 0 fully saturated rings. The number of hydrogen-bond donors (Lipinski definition) is 1. The summed E-state index contributed by atoms with van der Waals surface area (Å²) < 4.78 is 0. The first kappa shape index (κ1) is 8.78. The van der Waals surface area contributed by atoms with E-state index in [-0.39, 0.29) is 5.50 Å². The van der Waals surface area contributed by atoms with Gasteiger partial charge in [-0.05, 0) is 12.6 Å². The van der Waals surface area contributed by atoms with Crippen molar-refractivity contribution in [2.45, 2.75) is 5.50 Å². The fourth-order valence-electron chi connectivity index (χ4n) is 0.874. The van der Waals surface area contributed by atoms with Crippen molar-refractivity contribution in [2.24, 2.45) is 0 Å². The molecule has 0 saturated carbocycles. The predicted molar refractivity (Wildman–Crippen MR) is 49.5 cm³/mol. The zero-order valence-electron chi connectivity index (χ0n) is 6.26. The van der Waals surface area contributed by atoms with E-state index in [4.69, 9.17) is 11.6 Å². The average Bonchev–Trinajstić information content (AvgIpc) is 2.04. The highest BCUT2D eigenvalue weighted by molar-refractivity contribution is 6.34. The SMILES string of the molecule is CNC(Cl)c1ccccc1[Si]. The third-order valence-electron chi connectivity index (χ3n) is 1.49. The van der Waals surface area contributed by atoms with Crippen molar-refractivity contribution in [1.82, 2.24) is 5.32 Å². The van der Waals surface area contributed by atoms with Gasteiger partial charge in [-0.1, -0.05) is 29.5 Å². The van der Waals surface area contributed by atoms with E-state index < -0.39 is 0 Å². The van der Waals surface area contributed by atoms with E-state index in [0.29, 0.717) is 0 Å². The van der Waals surface area contributed by atoms with Crippen molar-refractivity contribution in [3.05, 3.63) is 29.8 Å². The molecule has 1 rings (SSSR count). The van der Waals surface area contributed by atoms with Gasteiger partial charge in [0.15, 0.2) is 0 Å². The quantitative estimate of drug-likeness (QED) is 0.408. The van der Waals surface area contributed by atoms with Crippen LogP contribution in [0.4, 0.5) is 0 Å². The average molecular weight is 183 g/mol. The van der Waals surface area contributed by atoms with Crippen molar-refractivity contribution in [2.75, 3.05) is 7.05 Å². The van der Waals surface area contributed by atoms with Gasteiger partial charge in [0.2, 0.25) is 0 Å². The molecule has 3 heteroatoms. The molecule has 0 heterocycles. The Labute approximate surface area is 75.2 Å². The zero-order chi connectivity index (χ0) is 8.27. The normalized spacial score (nSPS) is 13.0. The maximum absolute atomic E-state index is 5.95. The highest BCUT2D eigenvalue weighted by atomic mass is 35.5. The zero-order valence-corrected chi connectivity index (χ0v) is 8.02.